The number of benzene rings is 10. The number of hydrogen-bond donors (Lipinski definition) is 0. The van der Waals surface area contributed by atoms with Gasteiger partial charge in [-0.2, -0.15) is 0 Å². The summed E-state index contributed by atoms with van der Waals surface area (Å²) in [6, 6.07) is 78.7. The van der Waals surface area contributed by atoms with E-state index < -0.39 is 0 Å². The van der Waals surface area contributed by atoms with Crippen molar-refractivity contribution in [3.63, 3.8) is 0 Å². The molecule has 10 aromatic carbocycles. The SMILES string of the molecule is CCC1=C(\c2ccc3cc(-n4c5cc6c(cc5c5ccc7ccccc7c54)c4ccccc4n6-c4ccccc4)ccc3c2)CCCC(c2ccc3ccccc3c2)/N=C\1c1ccccc1. The predicted molar refractivity (Wildman–Crippen MR) is 281 cm³/mol. The summed E-state index contributed by atoms with van der Waals surface area (Å²) < 4.78 is 4.95. The van der Waals surface area contributed by atoms with Gasteiger partial charge >= 0.3 is 0 Å². The fraction of sp³-hybridized carbons (Fsp3) is 0.0952. The van der Waals surface area contributed by atoms with Crippen LogP contribution in [0.4, 0.5) is 0 Å². The number of allylic oxidation sites excluding steroid dienone is 2. The van der Waals surface area contributed by atoms with Gasteiger partial charge in [0.25, 0.3) is 0 Å². The van der Waals surface area contributed by atoms with Gasteiger partial charge in [-0.3, -0.25) is 4.99 Å². The molecule has 0 spiro atoms. The smallest absolute Gasteiger partial charge is 0.0756 e. The van der Waals surface area contributed by atoms with Crippen molar-refractivity contribution in [2.24, 2.45) is 4.99 Å². The quantitative estimate of drug-likeness (QED) is 0.159. The van der Waals surface area contributed by atoms with Gasteiger partial charge in [0.1, 0.15) is 0 Å². The molecule has 66 heavy (non-hydrogen) atoms. The molecule has 3 heteroatoms. The molecule has 0 fully saturated rings. The minimum Gasteiger partial charge on any atom is -0.309 e. The highest BCUT2D eigenvalue weighted by atomic mass is 15.0. The number of hydrogen-bond acceptors (Lipinski definition) is 1. The van der Waals surface area contributed by atoms with Crippen molar-refractivity contribution in [1.29, 1.82) is 0 Å². The molecule has 1 aliphatic rings. The number of aromatic nitrogens is 2. The first-order chi connectivity index (χ1) is 32.7. The Balaban J connectivity index is 0.981. The molecular formula is C63H47N3. The average Bonchev–Trinajstić information content (AvgIpc) is 3.88. The monoisotopic (exact) mass is 845 g/mol. The summed E-state index contributed by atoms with van der Waals surface area (Å²) in [7, 11) is 0. The van der Waals surface area contributed by atoms with Crippen LogP contribution < -0.4 is 0 Å². The molecule has 13 rings (SSSR count). The summed E-state index contributed by atoms with van der Waals surface area (Å²) in [6.07, 6.45) is 3.98. The first-order valence-electron chi connectivity index (χ1n) is 23.5. The third-order valence-electron chi connectivity index (χ3n) is 14.3. The molecular weight excluding hydrogens is 799 g/mol. The highest BCUT2D eigenvalue weighted by Crippen LogP contribution is 2.43. The molecule has 1 unspecified atom stereocenters. The van der Waals surface area contributed by atoms with E-state index in [9.17, 15) is 0 Å². The number of aliphatic imine (C=N–C) groups is 1. The molecule has 2 aromatic heterocycles. The molecule has 1 atom stereocenters. The van der Waals surface area contributed by atoms with Crippen molar-refractivity contribution < 1.29 is 0 Å². The van der Waals surface area contributed by atoms with E-state index in [2.05, 4.69) is 228 Å². The maximum absolute atomic E-state index is 5.69. The van der Waals surface area contributed by atoms with Crippen molar-refractivity contribution in [3.8, 4) is 11.4 Å². The van der Waals surface area contributed by atoms with Crippen LogP contribution in [0, 0.1) is 0 Å². The number of rotatable bonds is 6. The van der Waals surface area contributed by atoms with E-state index in [0.717, 1.165) is 42.8 Å². The number of fused-ring (bicyclic) bond motifs is 10. The standard InChI is InChI=1S/C63H47N3/c1-2-51-52(25-15-26-58(64-62(51)43-18-5-3-6-19-43)48-31-28-41-16-9-10-20-44(41)37-48)47-30-29-46-38-50(34-32-45(46)36-47)66-61-40-60-56(39-57(61)55-35-33-42-17-11-12-23-53(42)63(55)66)54-24-13-14-27-59(54)65(60)49-21-7-4-8-22-49/h3-14,16-24,27-40,58H,2,15,25-26H2,1H3/b52-51+,64-62-. The largest absolute Gasteiger partial charge is 0.309 e. The first-order valence-corrected chi connectivity index (χ1v) is 23.5. The summed E-state index contributed by atoms with van der Waals surface area (Å²) in [5, 5.41) is 12.6. The zero-order valence-corrected chi connectivity index (χ0v) is 37.0. The highest BCUT2D eigenvalue weighted by Gasteiger charge is 2.24. The maximum atomic E-state index is 5.69. The summed E-state index contributed by atoms with van der Waals surface area (Å²) in [5.74, 6) is 0. The Morgan fingerprint density at radius 3 is 1.94 bits per heavy atom. The molecule has 0 saturated heterocycles. The van der Waals surface area contributed by atoms with E-state index in [0.29, 0.717) is 0 Å². The van der Waals surface area contributed by atoms with Crippen LogP contribution in [0.25, 0.3) is 92.9 Å². The van der Waals surface area contributed by atoms with Crippen LogP contribution in [0.5, 0.6) is 0 Å². The lowest BCUT2D eigenvalue weighted by atomic mass is 9.85. The molecule has 0 radical (unpaired) electrons. The average molecular weight is 846 g/mol. The van der Waals surface area contributed by atoms with Crippen LogP contribution >= 0.6 is 0 Å². The Morgan fingerprint density at radius 2 is 1.09 bits per heavy atom. The van der Waals surface area contributed by atoms with Crippen molar-refractivity contribution in [2.75, 3.05) is 0 Å². The molecule has 3 heterocycles. The topological polar surface area (TPSA) is 22.2 Å². The number of para-hydroxylation sites is 2. The summed E-state index contributed by atoms with van der Waals surface area (Å²) in [4.78, 5) is 5.69. The molecule has 1 aliphatic heterocycles. The zero-order valence-electron chi connectivity index (χ0n) is 37.0. The van der Waals surface area contributed by atoms with E-state index in [-0.39, 0.29) is 6.04 Å². The van der Waals surface area contributed by atoms with Crippen LogP contribution in [-0.4, -0.2) is 14.8 Å². The molecule has 3 nitrogen and oxygen atoms in total. The second-order valence-corrected chi connectivity index (χ2v) is 18.0. The van der Waals surface area contributed by atoms with Crippen LogP contribution in [0.2, 0.25) is 0 Å². The van der Waals surface area contributed by atoms with Gasteiger partial charge in [0.15, 0.2) is 0 Å². The fourth-order valence-corrected chi connectivity index (χ4v) is 11.2. The van der Waals surface area contributed by atoms with Crippen LogP contribution in [-0.2, 0) is 0 Å². The van der Waals surface area contributed by atoms with Crippen molar-refractivity contribution in [2.45, 2.75) is 38.6 Å². The lowest BCUT2D eigenvalue weighted by Crippen LogP contribution is -2.13. The summed E-state index contributed by atoms with van der Waals surface area (Å²) >= 11 is 0. The lowest BCUT2D eigenvalue weighted by molar-refractivity contribution is 0.619. The van der Waals surface area contributed by atoms with Gasteiger partial charge in [-0.25, -0.2) is 0 Å². The molecule has 0 bridgehead atoms. The van der Waals surface area contributed by atoms with E-state index in [4.69, 9.17) is 4.99 Å². The fourth-order valence-electron chi connectivity index (χ4n) is 11.2. The van der Waals surface area contributed by atoms with Crippen LogP contribution in [0.1, 0.15) is 55.3 Å². The van der Waals surface area contributed by atoms with Crippen LogP contribution in [0.3, 0.4) is 0 Å². The van der Waals surface area contributed by atoms with E-state index in [1.54, 1.807) is 0 Å². The normalized spacial score (nSPS) is 16.7. The molecule has 12 aromatic rings. The minimum absolute atomic E-state index is 0.0960. The van der Waals surface area contributed by atoms with Crippen LogP contribution in [0.15, 0.2) is 223 Å². The van der Waals surface area contributed by atoms with Gasteiger partial charge in [-0.15, -0.1) is 0 Å². The summed E-state index contributed by atoms with van der Waals surface area (Å²) in [5.41, 5.74) is 14.8. The van der Waals surface area contributed by atoms with E-state index >= 15 is 0 Å². The van der Waals surface area contributed by atoms with Gasteiger partial charge in [0, 0.05) is 38.3 Å². The van der Waals surface area contributed by atoms with E-state index in [1.807, 2.05) is 0 Å². The minimum atomic E-state index is 0.0960. The molecule has 0 aliphatic carbocycles. The third-order valence-corrected chi connectivity index (χ3v) is 14.3. The Kier molecular flexibility index (Phi) is 9.09. The number of nitrogens with zero attached hydrogens (tertiary/aromatic N) is 3. The Labute approximate surface area is 384 Å². The van der Waals surface area contributed by atoms with Gasteiger partial charge in [0.2, 0.25) is 0 Å². The highest BCUT2D eigenvalue weighted by molar-refractivity contribution is 6.23. The Hall–Kier alpha value is -8.01. The molecule has 314 valence electrons. The zero-order chi connectivity index (χ0) is 43.7. The first kappa shape index (κ1) is 38.4. The maximum Gasteiger partial charge on any atom is 0.0756 e. The van der Waals surface area contributed by atoms with Gasteiger partial charge in [-0.05, 0) is 135 Å². The predicted octanol–water partition coefficient (Wildman–Crippen LogP) is 16.9. The third kappa shape index (κ3) is 6.22. The van der Waals surface area contributed by atoms with Gasteiger partial charge in [-0.1, -0.05) is 165 Å². The lowest BCUT2D eigenvalue weighted by Gasteiger charge is -2.24. The van der Waals surface area contributed by atoms with E-state index in [1.165, 1.54) is 104 Å². The molecule has 0 amide bonds. The Bertz CT molecular complexity index is 3940. The molecule has 0 N–H and O–H groups in total. The van der Waals surface area contributed by atoms with Gasteiger partial charge < -0.3 is 9.13 Å². The Morgan fingerprint density at radius 1 is 0.439 bits per heavy atom. The second-order valence-electron chi connectivity index (χ2n) is 18.0. The van der Waals surface area contributed by atoms with Crippen molar-refractivity contribution in [3.05, 3.63) is 235 Å². The van der Waals surface area contributed by atoms with Crippen molar-refractivity contribution >= 4 is 87.2 Å². The summed E-state index contributed by atoms with van der Waals surface area (Å²) in [6.45, 7) is 2.30. The van der Waals surface area contributed by atoms with Gasteiger partial charge in [0.05, 0.1) is 33.8 Å². The second kappa shape index (κ2) is 15.6. The molecule has 0 saturated carbocycles. The van der Waals surface area contributed by atoms with Crippen molar-refractivity contribution in [1.82, 2.24) is 9.13 Å².